The third kappa shape index (κ3) is 3.62. The monoisotopic (exact) mass is 357 g/mol. The van der Waals surface area contributed by atoms with Crippen molar-refractivity contribution in [1.82, 2.24) is 14.9 Å². The Labute approximate surface area is 148 Å². The van der Waals surface area contributed by atoms with Crippen molar-refractivity contribution in [3.63, 3.8) is 0 Å². The zero-order chi connectivity index (χ0) is 17.8. The molecule has 2 N–H and O–H groups in total. The van der Waals surface area contributed by atoms with Gasteiger partial charge in [0.1, 0.15) is 4.83 Å². The summed E-state index contributed by atoms with van der Waals surface area (Å²) < 4.78 is 1.56. The summed E-state index contributed by atoms with van der Waals surface area (Å²) in [5.41, 5.74) is 1.53. The first-order valence-electron chi connectivity index (χ1n) is 8.03. The molecule has 0 spiro atoms. The predicted octanol–water partition coefficient (Wildman–Crippen LogP) is 1.93. The van der Waals surface area contributed by atoms with E-state index in [1.165, 1.54) is 17.7 Å². The maximum absolute atomic E-state index is 12.8. The van der Waals surface area contributed by atoms with Crippen molar-refractivity contribution in [1.29, 1.82) is 0 Å². The quantitative estimate of drug-likeness (QED) is 0.660. The molecule has 2 aromatic heterocycles. The van der Waals surface area contributed by atoms with E-state index >= 15 is 0 Å². The summed E-state index contributed by atoms with van der Waals surface area (Å²) in [6.45, 7) is 2.64. The number of aromatic nitrogens is 2. The number of carbonyl (C=O) groups excluding carboxylic acids is 1. The Morgan fingerprint density at radius 3 is 2.80 bits per heavy atom. The maximum atomic E-state index is 12.8. The van der Waals surface area contributed by atoms with Crippen LogP contribution in [-0.4, -0.2) is 33.7 Å². The van der Waals surface area contributed by atoms with Gasteiger partial charge >= 0.3 is 0 Å². The van der Waals surface area contributed by atoms with Gasteiger partial charge in [-0.3, -0.25) is 14.2 Å². The number of hydrogen-bond acceptors (Lipinski definition) is 5. The molecular formula is C18H19N3O3S. The van der Waals surface area contributed by atoms with Gasteiger partial charge in [0.25, 0.3) is 11.5 Å². The zero-order valence-electron chi connectivity index (χ0n) is 13.9. The molecule has 3 rings (SSSR count). The molecule has 0 bridgehead atoms. The average molecular weight is 357 g/mol. The molecule has 1 amide bonds. The van der Waals surface area contributed by atoms with Gasteiger partial charge in [-0.1, -0.05) is 30.3 Å². The molecule has 6 nitrogen and oxygen atoms in total. The molecule has 0 radical (unpaired) electrons. The first kappa shape index (κ1) is 17.3. The molecule has 2 heterocycles. The van der Waals surface area contributed by atoms with Crippen LogP contribution in [0.4, 0.5) is 0 Å². The van der Waals surface area contributed by atoms with Gasteiger partial charge in [-0.15, -0.1) is 11.3 Å². The van der Waals surface area contributed by atoms with Crippen LogP contribution in [0.2, 0.25) is 0 Å². The molecule has 7 heteroatoms. The van der Waals surface area contributed by atoms with Crippen molar-refractivity contribution in [2.45, 2.75) is 19.9 Å². The Morgan fingerprint density at radius 1 is 1.32 bits per heavy atom. The minimum absolute atomic E-state index is 0.0252. The van der Waals surface area contributed by atoms with Gasteiger partial charge in [-0.25, -0.2) is 4.98 Å². The van der Waals surface area contributed by atoms with E-state index in [9.17, 15) is 9.59 Å². The predicted molar refractivity (Wildman–Crippen MR) is 98.2 cm³/mol. The standard InChI is InChI=1S/C18H19N3O3S/c1-12-14-17(25-15(12)16(23)19-8-5-9-22)20-11-21(18(14)24)10-13-6-3-2-4-7-13/h2-4,6-7,11,22H,5,8-10H2,1H3,(H,19,23). The number of aliphatic hydroxyl groups is 1. The van der Waals surface area contributed by atoms with Crippen LogP contribution in [0.5, 0.6) is 0 Å². The number of nitrogens with one attached hydrogen (secondary N) is 1. The third-order valence-corrected chi connectivity index (χ3v) is 5.14. The minimum atomic E-state index is -0.233. The Balaban J connectivity index is 1.94. The second kappa shape index (κ2) is 7.58. The van der Waals surface area contributed by atoms with Gasteiger partial charge in [-0.05, 0) is 24.5 Å². The highest BCUT2D eigenvalue weighted by Gasteiger charge is 2.19. The van der Waals surface area contributed by atoms with E-state index in [0.717, 1.165) is 5.56 Å². The van der Waals surface area contributed by atoms with Crippen molar-refractivity contribution in [3.8, 4) is 0 Å². The van der Waals surface area contributed by atoms with Gasteiger partial charge < -0.3 is 10.4 Å². The summed E-state index contributed by atoms with van der Waals surface area (Å²) in [6, 6.07) is 9.70. The van der Waals surface area contributed by atoms with E-state index in [1.54, 1.807) is 11.5 Å². The summed E-state index contributed by atoms with van der Waals surface area (Å²) in [5.74, 6) is -0.233. The van der Waals surface area contributed by atoms with Crippen molar-refractivity contribution in [2.75, 3.05) is 13.2 Å². The SMILES string of the molecule is Cc1c(C(=O)NCCCO)sc2ncn(Cc3ccccc3)c(=O)c12. The Kier molecular flexibility index (Phi) is 5.25. The molecule has 130 valence electrons. The molecule has 0 aliphatic heterocycles. The molecular weight excluding hydrogens is 338 g/mol. The number of carbonyl (C=O) groups is 1. The van der Waals surface area contributed by atoms with Crippen molar-refractivity contribution >= 4 is 27.5 Å². The molecule has 0 saturated heterocycles. The highest BCUT2D eigenvalue weighted by atomic mass is 32.1. The van der Waals surface area contributed by atoms with Gasteiger partial charge in [0.15, 0.2) is 0 Å². The number of benzene rings is 1. The molecule has 0 aliphatic carbocycles. The van der Waals surface area contributed by atoms with Gasteiger partial charge in [-0.2, -0.15) is 0 Å². The van der Waals surface area contributed by atoms with Crippen LogP contribution in [0, 0.1) is 6.92 Å². The number of nitrogens with zero attached hydrogens (tertiary/aromatic N) is 2. The topological polar surface area (TPSA) is 84.2 Å². The number of hydrogen-bond donors (Lipinski definition) is 2. The molecule has 1 aromatic carbocycles. The smallest absolute Gasteiger partial charge is 0.262 e. The van der Waals surface area contributed by atoms with Crippen LogP contribution in [0.25, 0.3) is 10.2 Å². The Bertz CT molecular complexity index is 947. The zero-order valence-corrected chi connectivity index (χ0v) is 14.7. The summed E-state index contributed by atoms with van der Waals surface area (Å²) >= 11 is 1.22. The molecule has 0 fully saturated rings. The third-order valence-electron chi connectivity index (χ3n) is 3.94. The minimum Gasteiger partial charge on any atom is -0.396 e. The van der Waals surface area contributed by atoms with Crippen LogP contribution in [0.15, 0.2) is 41.5 Å². The normalized spacial score (nSPS) is 11.0. The molecule has 0 unspecified atom stereocenters. The number of amides is 1. The van der Waals surface area contributed by atoms with E-state index in [2.05, 4.69) is 10.3 Å². The molecule has 3 aromatic rings. The van der Waals surface area contributed by atoms with Crippen LogP contribution < -0.4 is 10.9 Å². The van der Waals surface area contributed by atoms with E-state index in [4.69, 9.17) is 5.11 Å². The van der Waals surface area contributed by atoms with Crippen molar-refractivity contribution in [3.05, 3.63) is 63.0 Å². The molecule has 0 aliphatic rings. The highest BCUT2D eigenvalue weighted by molar-refractivity contribution is 7.20. The molecule has 25 heavy (non-hydrogen) atoms. The summed E-state index contributed by atoms with van der Waals surface area (Å²) in [7, 11) is 0. The van der Waals surface area contributed by atoms with Crippen LogP contribution >= 0.6 is 11.3 Å². The number of thiophene rings is 1. The average Bonchev–Trinajstić information content (AvgIpc) is 2.96. The summed E-state index contributed by atoms with van der Waals surface area (Å²) in [6.07, 6.45) is 2.03. The highest BCUT2D eigenvalue weighted by Crippen LogP contribution is 2.26. The Hall–Kier alpha value is -2.51. The molecule has 0 saturated carbocycles. The molecule has 0 atom stereocenters. The van der Waals surface area contributed by atoms with E-state index in [-0.39, 0.29) is 18.1 Å². The first-order valence-corrected chi connectivity index (χ1v) is 8.85. The first-order chi connectivity index (χ1) is 12.1. The second-order valence-electron chi connectivity index (χ2n) is 5.73. The van der Waals surface area contributed by atoms with Crippen LogP contribution in [0.1, 0.15) is 27.2 Å². The lowest BCUT2D eigenvalue weighted by molar-refractivity contribution is 0.0954. The van der Waals surface area contributed by atoms with E-state index < -0.39 is 0 Å². The fourth-order valence-electron chi connectivity index (χ4n) is 2.63. The van der Waals surface area contributed by atoms with Crippen LogP contribution in [-0.2, 0) is 6.54 Å². The van der Waals surface area contributed by atoms with Gasteiger partial charge in [0, 0.05) is 13.2 Å². The van der Waals surface area contributed by atoms with Crippen molar-refractivity contribution in [2.24, 2.45) is 0 Å². The number of rotatable bonds is 6. The fourth-order valence-corrected chi connectivity index (χ4v) is 3.69. The number of fused-ring (bicyclic) bond motifs is 1. The summed E-state index contributed by atoms with van der Waals surface area (Å²) in [4.78, 5) is 30.5. The van der Waals surface area contributed by atoms with Gasteiger partial charge in [0.2, 0.25) is 0 Å². The lowest BCUT2D eigenvalue weighted by Gasteiger charge is -2.05. The Morgan fingerprint density at radius 2 is 2.08 bits per heavy atom. The van der Waals surface area contributed by atoms with Crippen LogP contribution in [0.3, 0.4) is 0 Å². The lowest BCUT2D eigenvalue weighted by atomic mass is 10.2. The van der Waals surface area contributed by atoms with Gasteiger partial charge in [0.05, 0.1) is 23.1 Å². The second-order valence-corrected chi connectivity index (χ2v) is 6.73. The number of aryl methyl sites for hydroxylation is 1. The maximum Gasteiger partial charge on any atom is 0.262 e. The van der Waals surface area contributed by atoms with E-state index in [0.29, 0.717) is 40.2 Å². The van der Waals surface area contributed by atoms with Crippen molar-refractivity contribution < 1.29 is 9.90 Å². The number of aliphatic hydroxyl groups excluding tert-OH is 1. The van der Waals surface area contributed by atoms with E-state index in [1.807, 2.05) is 30.3 Å². The summed E-state index contributed by atoms with van der Waals surface area (Å²) in [5, 5.41) is 12.1. The largest absolute Gasteiger partial charge is 0.396 e. The lowest BCUT2D eigenvalue weighted by Crippen LogP contribution is -2.25. The fraction of sp³-hybridized carbons (Fsp3) is 0.278.